The molecule has 0 amide bonds. The summed E-state index contributed by atoms with van der Waals surface area (Å²) in [7, 11) is 1.99. The number of hydrogen-bond donors (Lipinski definition) is 1. The summed E-state index contributed by atoms with van der Waals surface area (Å²) < 4.78 is 10.3. The van der Waals surface area contributed by atoms with Gasteiger partial charge in [0.05, 0.1) is 18.4 Å². The van der Waals surface area contributed by atoms with E-state index < -0.39 is 0 Å². The Hall–Kier alpha value is -2.44. The predicted molar refractivity (Wildman–Crippen MR) is 84.4 cm³/mol. The van der Waals surface area contributed by atoms with E-state index in [2.05, 4.69) is 27.2 Å². The Labute approximate surface area is 134 Å². The van der Waals surface area contributed by atoms with Crippen LogP contribution >= 0.6 is 0 Å². The Morgan fingerprint density at radius 1 is 1.22 bits per heavy atom. The second-order valence-electron chi connectivity index (χ2n) is 5.38. The minimum absolute atomic E-state index is 0.0945. The van der Waals surface area contributed by atoms with Crippen LogP contribution in [0.5, 0.6) is 0 Å². The highest BCUT2D eigenvalue weighted by Crippen LogP contribution is 2.24. The van der Waals surface area contributed by atoms with Gasteiger partial charge in [-0.1, -0.05) is 35.5 Å². The zero-order chi connectivity index (χ0) is 16.1. The summed E-state index contributed by atoms with van der Waals surface area (Å²) in [5, 5.41) is 13.4. The molecule has 3 aromatic rings. The maximum atomic E-state index is 9.36. The first-order valence-corrected chi connectivity index (χ1v) is 7.49. The van der Waals surface area contributed by atoms with Crippen LogP contribution in [0, 0.1) is 0 Å². The lowest BCUT2D eigenvalue weighted by molar-refractivity contribution is 0.175. The molecule has 0 aliphatic heterocycles. The molecule has 2 aromatic heterocycles. The molecule has 0 fully saturated rings. The average Bonchev–Trinajstić information content (AvgIpc) is 3.24. The molecule has 120 valence electrons. The lowest BCUT2D eigenvalue weighted by atomic mass is 10.0. The number of aliphatic hydroxyl groups excluding tert-OH is 1. The number of furan rings is 1. The van der Waals surface area contributed by atoms with Gasteiger partial charge in [0.2, 0.25) is 0 Å². The van der Waals surface area contributed by atoms with Gasteiger partial charge in [0.25, 0.3) is 5.89 Å². The van der Waals surface area contributed by atoms with Gasteiger partial charge in [-0.3, -0.25) is 4.90 Å². The quantitative estimate of drug-likeness (QED) is 0.723. The molecule has 6 nitrogen and oxygen atoms in total. The van der Waals surface area contributed by atoms with E-state index in [4.69, 9.17) is 8.94 Å². The van der Waals surface area contributed by atoms with Crippen molar-refractivity contribution in [2.24, 2.45) is 0 Å². The maximum Gasteiger partial charge on any atom is 0.261 e. The van der Waals surface area contributed by atoms with Gasteiger partial charge in [0.15, 0.2) is 5.82 Å². The summed E-state index contributed by atoms with van der Waals surface area (Å²) in [6.07, 6.45) is 3.78. The van der Waals surface area contributed by atoms with Gasteiger partial charge in [-0.15, -0.1) is 0 Å². The van der Waals surface area contributed by atoms with Crippen molar-refractivity contribution < 1.29 is 14.0 Å². The molecule has 2 heterocycles. The fraction of sp³-hybridized carbons (Fsp3) is 0.294. The molecule has 0 spiro atoms. The van der Waals surface area contributed by atoms with Gasteiger partial charge in [0, 0.05) is 12.6 Å². The Morgan fingerprint density at radius 2 is 2.04 bits per heavy atom. The summed E-state index contributed by atoms with van der Waals surface area (Å²) in [4.78, 5) is 6.49. The van der Waals surface area contributed by atoms with E-state index >= 15 is 0 Å². The second-order valence-corrected chi connectivity index (χ2v) is 5.38. The molecule has 0 saturated heterocycles. The molecule has 1 N–H and O–H groups in total. The van der Waals surface area contributed by atoms with Crippen LogP contribution in [0.4, 0.5) is 0 Å². The SMILES string of the molecule is CN(Cc1noc(-c2ccoc2)n1)C(CCO)c1ccccc1. The van der Waals surface area contributed by atoms with E-state index in [1.54, 1.807) is 18.6 Å². The first-order chi connectivity index (χ1) is 11.3. The van der Waals surface area contributed by atoms with Crippen molar-refractivity contribution in [3.63, 3.8) is 0 Å². The van der Waals surface area contributed by atoms with E-state index in [-0.39, 0.29) is 12.6 Å². The largest absolute Gasteiger partial charge is 0.472 e. The molecule has 23 heavy (non-hydrogen) atoms. The van der Waals surface area contributed by atoms with Crippen LogP contribution in [0.15, 0.2) is 57.9 Å². The molecule has 0 aliphatic carbocycles. The highest BCUT2D eigenvalue weighted by Gasteiger charge is 2.19. The number of hydrogen-bond acceptors (Lipinski definition) is 6. The first kappa shape index (κ1) is 15.5. The number of aromatic nitrogens is 2. The fourth-order valence-electron chi connectivity index (χ4n) is 2.59. The van der Waals surface area contributed by atoms with Crippen LogP contribution in [0.3, 0.4) is 0 Å². The summed E-state index contributed by atoms with van der Waals surface area (Å²) in [5.41, 5.74) is 1.92. The lowest BCUT2D eigenvalue weighted by Gasteiger charge is -2.26. The molecule has 0 saturated carbocycles. The predicted octanol–water partition coefficient (Wildman–Crippen LogP) is 2.89. The molecular formula is C17H19N3O3. The molecule has 0 bridgehead atoms. The highest BCUT2D eigenvalue weighted by atomic mass is 16.5. The molecule has 1 atom stereocenters. The van der Waals surface area contributed by atoms with Gasteiger partial charge < -0.3 is 14.0 Å². The molecule has 1 unspecified atom stereocenters. The lowest BCUT2D eigenvalue weighted by Crippen LogP contribution is -2.25. The molecular weight excluding hydrogens is 294 g/mol. The third-order valence-electron chi connectivity index (χ3n) is 3.75. The smallest absolute Gasteiger partial charge is 0.261 e. The summed E-state index contributed by atoms with van der Waals surface area (Å²) >= 11 is 0. The van der Waals surface area contributed by atoms with Gasteiger partial charge in [0.1, 0.15) is 6.26 Å². The minimum Gasteiger partial charge on any atom is -0.472 e. The van der Waals surface area contributed by atoms with Crippen molar-refractivity contribution >= 4 is 0 Å². The van der Waals surface area contributed by atoms with Gasteiger partial charge in [-0.25, -0.2) is 0 Å². The van der Waals surface area contributed by atoms with Gasteiger partial charge in [-0.2, -0.15) is 4.98 Å². The first-order valence-electron chi connectivity index (χ1n) is 7.49. The Morgan fingerprint density at radius 3 is 2.74 bits per heavy atom. The molecule has 3 rings (SSSR count). The Kier molecular flexibility index (Phi) is 4.85. The zero-order valence-electron chi connectivity index (χ0n) is 12.9. The zero-order valence-corrected chi connectivity index (χ0v) is 12.9. The number of nitrogens with zero attached hydrogens (tertiary/aromatic N) is 3. The summed E-state index contributed by atoms with van der Waals surface area (Å²) in [5.74, 6) is 1.04. The van der Waals surface area contributed by atoms with Crippen LogP contribution in [-0.2, 0) is 6.54 Å². The maximum absolute atomic E-state index is 9.36. The van der Waals surface area contributed by atoms with Crippen LogP contribution in [-0.4, -0.2) is 33.8 Å². The minimum atomic E-state index is 0.0945. The third-order valence-corrected chi connectivity index (χ3v) is 3.75. The monoisotopic (exact) mass is 313 g/mol. The van der Waals surface area contributed by atoms with Crippen LogP contribution in [0.1, 0.15) is 23.9 Å². The Bertz CT molecular complexity index is 710. The van der Waals surface area contributed by atoms with E-state index in [0.29, 0.717) is 24.7 Å². The van der Waals surface area contributed by atoms with Crippen molar-refractivity contribution in [1.29, 1.82) is 0 Å². The molecule has 1 aromatic carbocycles. The fourth-order valence-corrected chi connectivity index (χ4v) is 2.59. The Balaban J connectivity index is 1.73. The molecule has 0 aliphatic rings. The van der Waals surface area contributed by atoms with Crippen molar-refractivity contribution in [2.45, 2.75) is 19.0 Å². The molecule has 6 heteroatoms. The van der Waals surface area contributed by atoms with Gasteiger partial charge >= 0.3 is 0 Å². The van der Waals surface area contributed by atoms with E-state index in [1.165, 1.54) is 0 Å². The topological polar surface area (TPSA) is 75.5 Å². The van der Waals surface area contributed by atoms with E-state index in [9.17, 15) is 5.11 Å². The number of benzene rings is 1. The van der Waals surface area contributed by atoms with E-state index in [1.807, 2.05) is 25.2 Å². The van der Waals surface area contributed by atoms with Crippen molar-refractivity contribution in [1.82, 2.24) is 15.0 Å². The van der Waals surface area contributed by atoms with E-state index in [0.717, 1.165) is 11.1 Å². The highest BCUT2D eigenvalue weighted by molar-refractivity contribution is 5.49. The normalized spacial score (nSPS) is 12.7. The number of aliphatic hydroxyl groups is 1. The van der Waals surface area contributed by atoms with Gasteiger partial charge in [-0.05, 0) is 25.1 Å². The standard InChI is InChI=1S/C17H19N3O3/c1-20(15(7-9-21)13-5-3-2-4-6-13)11-16-18-17(23-19-16)14-8-10-22-12-14/h2-6,8,10,12,15,21H,7,9,11H2,1H3. The van der Waals surface area contributed by atoms with Crippen molar-refractivity contribution in [2.75, 3.05) is 13.7 Å². The van der Waals surface area contributed by atoms with Crippen molar-refractivity contribution in [3.05, 3.63) is 60.3 Å². The van der Waals surface area contributed by atoms with Crippen LogP contribution in [0.2, 0.25) is 0 Å². The summed E-state index contributed by atoms with van der Waals surface area (Å²) in [6, 6.07) is 12.0. The average molecular weight is 313 g/mol. The van der Waals surface area contributed by atoms with Crippen LogP contribution in [0.25, 0.3) is 11.5 Å². The summed E-state index contributed by atoms with van der Waals surface area (Å²) in [6.45, 7) is 0.650. The molecule has 0 radical (unpaired) electrons. The van der Waals surface area contributed by atoms with Crippen molar-refractivity contribution in [3.8, 4) is 11.5 Å². The van der Waals surface area contributed by atoms with Crippen LogP contribution < -0.4 is 0 Å². The second kappa shape index (κ2) is 7.21. The third kappa shape index (κ3) is 3.67. The number of rotatable bonds is 7.